The molecule has 0 N–H and O–H groups in total. The van der Waals surface area contributed by atoms with Gasteiger partial charge in [-0.25, -0.2) is 0 Å². The molecular weight excluding hydrogens is 240 g/mol. The van der Waals surface area contributed by atoms with Gasteiger partial charge in [-0.15, -0.1) is 0 Å². The van der Waals surface area contributed by atoms with Crippen LogP contribution in [0, 0.1) is 0 Å². The van der Waals surface area contributed by atoms with Gasteiger partial charge in [0, 0.05) is 6.42 Å². The fraction of sp³-hybridized carbons (Fsp3) is 0.562. The van der Waals surface area contributed by atoms with E-state index in [2.05, 4.69) is 0 Å². The van der Waals surface area contributed by atoms with Crippen LogP contribution in [0.4, 0.5) is 0 Å². The summed E-state index contributed by atoms with van der Waals surface area (Å²) in [7, 11) is 0. The van der Waals surface area contributed by atoms with Gasteiger partial charge in [0.15, 0.2) is 0 Å². The zero-order chi connectivity index (χ0) is 13.5. The van der Waals surface area contributed by atoms with Crippen molar-refractivity contribution in [3.63, 3.8) is 0 Å². The van der Waals surface area contributed by atoms with Gasteiger partial charge in [0.1, 0.15) is 12.4 Å². The summed E-state index contributed by atoms with van der Waals surface area (Å²) in [5.74, 6) is 0.718. The average Bonchev–Trinajstić information content (AvgIpc) is 2.46. The molecule has 0 heterocycles. The molecule has 1 aromatic rings. The number of carbonyl (C=O) groups is 1. The second kappa shape index (κ2) is 7.17. The maximum Gasteiger partial charge on any atom is 0.305 e. The second-order valence-corrected chi connectivity index (χ2v) is 5.04. The Morgan fingerprint density at radius 1 is 1.26 bits per heavy atom. The Hall–Kier alpha value is -1.51. The molecule has 104 valence electrons. The maximum atomic E-state index is 11.1. The summed E-state index contributed by atoms with van der Waals surface area (Å²) in [4.78, 5) is 11.1. The Balaban J connectivity index is 1.88. The highest BCUT2D eigenvalue weighted by Crippen LogP contribution is 2.24. The summed E-state index contributed by atoms with van der Waals surface area (Å²) in [5, 5.41) is 0. The third-order valence-corrected chi connectivity index (χ3v) is 3.44. The summed E-state index contributed by atoms with van der Waals surface area (Å²) >= 11 is 0. The molecule has 19 heavy (non-hydrogen) atoms. The Kier molecular flexibility index (Phi) is 5.25. The predicted octanol–water partition coefficient (Wildman–Crippen LogP) is 3.85. The molecule has 0 radical (unpaired) electrons. The van der Waals surface area contributed by atoms with Crippen molar-refractivity contribution in [2.24, 2.45) is 0 Å². The Labute approximate surface area is 114 Å². The van der Waals surface area contributed by atoms with E-state index in [9.17, 15) is 4.79 Å². The Morgan fingerprint density at radius 3 is 2.79 bits per heavy atom. The van der Waals surface area contributed by atoms with E-state index in [0.29, 0.717) is 19.1 Å². The number of hydrogen-bond acceptors (Lipinski definition) is 3. The summed E-state index contributed by atoms with van der Waals surface area (Å²) in [6, 6.07) is 7.85. The van der Waals surface area contributed by atoms with Crippen LogP contribution in [0.2, 0.25) is 0 Å². The molecule has 0 amide bonds. The number of hydrogen-bond donors (Lipinski definition) is 0. The van der Waals surface area contributed by atoms with E-state index < -0.39 is 0 Å². The van der Waals surface area contributed by atoms with Crippen LogP contribution in [-0.4, -0.2) is 12.1 Å². The zero-order valence-electron chi connectivity index (χ0n) is 11.6. The number of esters is 1. The molecule has 2 rings (SSSR count). The van der Waals surface area contributed by atoms with Gasteiger partial charge in [0.25, 0.3) is 0 Å². The van der Waals surface area contributed by atoms with Crippen molar-refractivity contribution >= 4 is 5.97 Å². The van der Waals surface area contributed by atoms with Crippen LogP contribution in [0.25, 0.3) is 0 Å². The highest BCUT2D eigenvalue weighted by atomic mass is 16.5. The SMILES string of the molecule is CCC(=O)OCc1cccc(OC2CCCCC2)c1. The first-order chi connectivity index (χ1) is 9.28. The molecule has 0 aliphatic heterocycles. The topological polar surface area (TPSA) is 35.5 Å². The zero-order valence-corrected chi connectivity index (χ0v) is 11.6. The van der Waals surface area contributed by atoms with Crippen molar-refractivity contribution in [3.05, 3.63) is 29.8 Å². The standard InChI is InChI=1S/C16H22O3/c1-2-16(17)18-12-13-7-6-10-15(11-13)19-14-8-4-3-5-9-14/h6-7,10-11,14H,2-5,8-9,12H2,1H3. The molecule has 0 bridgehead atoms. The van der Waals surface area contributed by atoms with Crippen molar-refractivity contribution in [3.8, 4) is 5.75 Å². The van der Waals surface area contributed by atoms with Gasteiger partial charge in [-0.2, -0.15) is 0 Å². The smallest absolute Gasteiger partial charge is 0.305 e. The van der Waals surface area contributed by atoms with Crippen LogP contribution in [0.5, 0.6) is 5.75 Å². The minimum absolute atomic E-state index is 0.168. The highest BCUT2D eigenvalue weighted by Gasteiger charge is 2.14. The lowest BCUT2D eigenvalue weighted by Crippen LogP contribution is -2.19. The molecule has 0 spiro atoms. The molecule has 0 unspecified atom stereocenters. The number of rotatable bonds is 5. The lowest BCUT2D eigenvalue weighted by molar-refractivity contribution is -0.144. The van der Waals surface area contributed by atoms with E-state index in [1.807, 2.05) is 24.3 Å². The maximum absolute atomic E-state index is 11.1. The molecule has 0 aromatic heterocycles. The average molecular weight is 262 g/mol. The van der Waals surface area contributed by atoms with Crippen LogP contribution in [-0.2, 0) is 16.1 Å². The van der Waals surface area contributed by atoms with Crippen LogP contribution < -0.4 is 4.74 Å². The second-order valence-electron chi connectivity index (χ2n) is 5.04. The van der Waals surface area contributed by atoms with E-state index in [1.54, 1.807) is 6.92 Å². The molecule has 1 aromatic carbocycles. The van der Waals surface area contributed by atoms with E-state index in [-0.39, 0.29) is 5.97 Å². The number of benzene rings is 1. The minimum Gasteiger partial charge on any atom is -0.490 e. The number of carbonyl (C=O) groups excluding carboxylic acids is 1. The normalized spacial score (nSPS) is 16.1. The molecule has 3 nitrogen and oxygen atoms in total. The van der Waals surface area contributed by atoms with Crippen molar-refractivity contribution < 1.29 is 14.3 Å². The molecule has 1 aliphatic rings. The van der Waals surface area contributed by atoms with Crippen LogP contribution >= 0.6 is 0 Å². The summed E-state index contributed by atoms with van der Waals surface area (Å²) in [5.41, 5.74) is 0.982. The molecular formula is C16H22O3. The van der Waals surface area contributed by atoms with Gasteiger partial charge in [-0.05, 0) is 43.4 Å². The third kappa shape index (κ3) is 4.58. The van der Waals surface area contributed by atoms with Gasteiger partial charge in [0.05, 0.1) is 6.10 Å². The van der Waals surface area contributed by atoms with Gasteiger partial charge in [0.2, 0.25) is 0 Å². The Morgan fingerprint density at radius 2 is 2.05 bits per heavy atom. The van der Waals surface area contributed by atoms with E-state index in [0.717, 1.165) is 24.2 Å². The molecule has 0 atom stereocenters. The summed E-state index contributed by atoms with van der Waals surface area (Å²) in [6.07, 6.45) is 6.91. The van der Waals surface area contributed by atoms with Gasteiger partial charge < -0.3 is 9.47 Å². The van der Waals surface area contributed by atoms with Gasteiger partial charge in [-0.3, -0.25) is 4.79 Å². The molecule has 1 saturated carbocycles. The molecule has 1 fully saturated rings. The van der Waals surface area contributed by atoms with Crippen LogP contribution in [0.3, 0.4) is 0 Å². The fourth-order valence-corrected chi connectivity index (χ4v) is 2.35. The summed E-state index contributed by atoms with van der Waals surface area (Å²) in [6.45, 7) is 2.12. The van der Waals surface area contributed by atoms with Crippen molar-refractivity contribution in [1.82, 2.24) is 0 Å². The van der Waals surface area contributed by atoms with Crippen molar-refractivity contribution in [2.45, 2.75) is 58.2 Å². The quantitative estimate of drug-likeness (QED) is 0.756. The molecule has 3 heteroatoms. The van der Waals surface area contributed by atoms with Gasteiger partial charge in [-0.1, -0.05) is 25.5 Å². The van der Waals surface area contributed by atoms with Crippen LogP contribution in [0.15, 0.2) is 24.3 Å². The first-order valence-electron chi connectivity index (χ1n) is 7.19. The molecule has 1 aliphatic carbocycles. The summed E-state index contributed by atoms with van der Waals surface area (Å²) < 4.78 is 11.1. The fourth-order valence-electron chi connectivity index (χ4n) is 2.35. The first-order valence-corrected chi connectivity index (χ1v) is 7.19. The minimum atomic E-state index is -0.168. The lowest BCUT2D eigenvalue weighted by atomic mass is 9.98. The van der Waals surface area contributed by atoms with E-state index in [1.165, 1.54) is 19.3 Å². The third-order valence-electron chi connectivity index (χ3n) is 3.44. The van der Waals surface area contributed by atoms with E-state index >= 15 is 0 Å². The van der Waals surface area contributed by atoms with Gasteiger partial charge >= 0.3 is 5.97 Å². The lowest BCUT2D eigenvalue weighted by Gasteiger charge is -2.23. The molecule has 0 saturated heterocycles. The highest BCUT2D eigenvalue weighted by molar-refractivity contribution is 5.68. The van der Waals surface area contributed by atoms with E-state index in [4.69, 9.17) is 9.47 Å². The van der Waals surface area contributed by atoms with Crippen molar-refractivity contribution in [2.75, 3.05) is 0 Å². The predicted molar refractivity (Wildman–Crippen MR) is 74.0 cm³/mol. The largest absolute Gasteiger partial charge is 0.490 e. The number of ether oxygens (including phenoxy) is 2. The van der Waals surface area contributed by atoms with Crippen molar-refractivity contribution in [1.29, 1.82) is 0 Å². The van der Waals surface area contributed by atoms with Crippen LogP contribution in [0.1, 0.15) is 51.0 Å². The Bertz CT molecular complexity index is 408. The first kappa shape index (κ1) is 13.9. The monoisotopic (exact) mass is 262 g/mol.